The van der Waals surface area contributed by atoms with Crippen molar-refractivity contribution in [2.45, 2.75) is 32.4 Å². The fourth-order valence-electron chi connectivity index (χ4n) is 3.22. The van der Waals surface area contributed by atoms with Gasteiger partial charge >= 0.3 is 6.03 Å². The minimum atomic E-state index is -0.626. The number of nitro groups is 1. The molecule has 0 bridgehead atoms. The minimum absolute atomic E-state index is 0.0438. The fraction of sp³-hybridized carbons (Fsp3) is 0.444. The highest BCUT2D eigenvalue weighted by atomic mass is 16.6. The summed E-state index contributed by atoms with van der Waals surface area (Å²) in [5, 5.41) is 16.3. The number of carbonyl (C=O) groups excluding carboxylic acids is 2. The van der Waals surface area contributed by atoms with E-state index in [1.54, 1.807) is 17.0 Å². The molecule has 1 aromatic rings. The summed E-state index contributed by atoms with van der Waals surface area (Å²) in [4.78, 5) is 36.9. The third-order valence-corrected chi connectivity index (χ3v) is 4.48. The van der Waals surface area contributed by atoms with Crippen LogP contribution in [0.3, 0.4) is 0 Å². The third-order valence-electron chi connectivity index (χ3n) is 4.48. The van der Waals surface area contributed by atoms with E-state index < -0.39 is 17.0 Å². The summed E-state index contributed by atoms with van der Waals surface area (Å²) in [6.07, 6.45) is 0.842. The molecule has 2 aliphatic rings. The Balaban J connectivity index is 1.75. The van der Waals surface area contributed by atoms with Crippen molar-refractivity contribution in [3.63, 3.8) is 0 Å². The molecule has 0 aliphatic carbocycles. The van der Waals surface area contributed by atoms with Crippen LogP contribution in [0.4, 0.5) is 10.5 Å². The summed E-state index contributed by atoms with van der Waals surface area (Å²) in [7, 11) is 0. The van der Waals surface area contributed by atoms with Crippen LogP contribution >= 0.6 is 0 Å². The first-order chi connectivity index (χ1) is 12.9. The SMILES string of the molecule is CC(C)OCCCN1CC2=C(C1=O)[C@H](c1ccc([N+](=O)[O-])cc1)NC(=O)N2. The topological polar surface area (TPSA) is 114 Å². The van der Waals surface area contributed by atoms with Gasteiger partial charge in [0.1, 0.15) is 0 Å². The van der Waals surface area contributed by atoms with E-state index in [1.807, 2.05) is 13.8 Å². The van der Waals surface area contributed by atoms with Crippen molar-refractivity contribution in [2.75, 3.05) is 19.7 Å². The van der Waals surface area contributed by atoms with Crippen LogP contribution in [0.15, 0.2) is 35.5 Å². The largest absolute Gasteiger partial charge is 0.379 e. The van der Waals surface area contributed by atoms with E-state index in [0.717, 1.165) is 0 Å². The van der Waals surface area contributed by atoms with Crippen LogP contribution in [-0.4, -0.2) is 47.6 Å². The second-order valence-electron chi connectivity index (χ2n) is 6.77. The summed E-state index contributed by atoms with van der Waals surface area (Å²) in [6, 6.07) is 4.83. The molecule has 3 amide bonds. The number of hydrogen-bond acceptors (Lipinski definition) is 5. The fourth-order valence-corrected chi connectivity index (χ4v) is 3.22. The zero-order chi connectivity index (χ0) is 19.6. The number of urea groups is 1. The summed E-state index contributed by atoms with van der Waals surface area (Å²) in [6.45, 7) is 5.34. The van der Waals surface area contributed by atoms with Gasteiger partial charge in [-0.05, 0) is 38.0 Å². The maximum Gasteiger partial charge on any atom is 0.319 e. The summed E-state index contributed by atoms with van der Waals surface area (Å²) in [5.41, 5.74) is 1.64. The lowest BCUT2D eigenvalue weighted by Gasteiger charge is -2.25. The van der Waals surface area contributed by atoms with Gasteiger partial charge in [0.25, 0.3) is 11.6 Å². The van der Waals surface area contributed by atoms with E-state index in [9.17, 15) is 19.7 Å². The highest BCUT2D eigenvalue weighted by Crippen LogP contribution is 2.33. The number of non-ortho nitro benzene ring substituents is 1. The highest BCUT2D eigenvalue weighted by molar-refractivity contribution is 6.01. The Morgan fingerprint density at radius 1 is 1.30 bits per heavy atom. The summed E-state index contributed by atoms with van der Waals surface area (Å²) < 4.78 is 5.50. The van der Waals surface area contributed by atoms with E-state index in [-0.39, 0.29) is 17.7 Å². The van der Waals surface area contributed by atoms with Crippen molar-refractivity contribution < 1.29 is 19.2 Å². The van der Waals surface area contributed by atoms with Crippen LogP contribution in [0.5, 0.6) is 0 Å². The lowest BCUT2D eigenvalue weighted by atomic mass is 9.96. The molecule has 9 heteroatoms. The zero-order valence-electron chi connectivity index (χ0n) is 15.2. The molecule has 1 aromatic carbocycles. The Hall–Kier alpha value is -2.94. The molecule has 0 saturated carbocycles. The molecule has 0 saturated heterocycles. The van der Waals surface area contributed by atoms with Gasteiger partial charge in [-0.25, -0.2) is 4.79 Å². The lowest BCUT2D eigenvalue weighted by Crippen LogP contribution is -2.44. The van der Waals surface area contributed by atoms with E-state index in [4.69, 9.17) is 4.74 Å². The number of ether oxygens (including phenoxy) is 1. The van der Waals surface area contributed by atoms with E-state index >= 15 is 0 Å². The molecule has 0 radical (unpaired) electrons. The molecule has 2 aliphatic heterocycles. The van der Waals surface area contributed by atoms with Gasteiger partial charge in [0.05, 0.1) is 34.9 Å². The summed E-state index contributed by atoms with van der Waals surface area (Å²) >= 11 is 0. The van der Waals surface area contributed by atoms with Crippen LogP contribution in [0, 0.1) is 10.1 Å². The molecule has 27 heavy (non-hydrogen) atoms. The standard InChI is InChI=1S/C18H22N4O5/c1-11(2)27-9-3-8-21-10-14-15(17(21)23)16(20-18(24)19-14)12-4-6-13(7-5-12)22(25)26/h4-7,11,16H,3,8-10H2,1-2H3,(H2,19,20,24)/t16-/m0/s1. The molecule has 3 rings (SSSR count). The normalized spacial score (nSPS) is 19.2. The lowest BCUT2D eigenvalue weighted by molar-refractivity contribution is -0.384. The van der Waals surface area contributed by atoms with Crippen molar-refractivity contribution in [3.8, 4) is 0 Å². The molecular weight excluding hydrogens is 352 g/mol. The number of nitrogens with zero attached hydrogens (tertiary/aromatic N) is 2. The molecule has 1 atom stereocenters. The number of nitrogens with one attached hydrogen (secondary N) is 2. The molecule has 0 spiro atoms. The Morgan fingerprint density at radius 2 is 2.00 bits per heavy atom. The van der Waals surface area contributed by atoms with Gasteiger partial charge in [0.15, 0.2) is 0 Å². The maximum absolute atomic E-state index is 12.9. The second kappa shape index (κ2) is 7.75. The molecule has 0 aromatic heterocycles. The van der Waals surface area contributed by atoms with Crippen LogP contribution in [0.25, 0.3) is 0 Å². The summed E-state index contributed by atoms with van der Waals surface area (Å²) in [5.74, 6) is -0.148. The van der Waals surface area contributed by atoms with Crippen molar-refractivity contribution in [1.82, 2.24) is 15.5 Å². The van der Waals surface area contributed by atoms with Gasteiger partial charge in [-0.1, -0.05) is 0 Å². The first-order valence-electron chi connectivity index (χ1n) is 8.82. The molecular formula is C18H22N4O5. The van der Waals surface area contributed by atoms with Gasteiger partial charge in [-0.2, -0.15) is 0 Å². The Bertz CT molecular complexity index is 787. The quantitative estimate of drug-likeness (QED) is 0.430. The first kappa shape index (κ1) is 18.8. The monoisotopic (exact) mass is 374 g/mol. The predicted molar refractivity (Wildman–Crippen MR) is 96.8 cm³/mol. The molecule has 144 valence electrons. The second-order valence-corrected chi connectivity index (χ2v) is 6.77. The average Bonchev–Trinajstić information content (AvgIpc) is 2.93. The smallest absolute Gasteiger partial charge is 0.319 e. The van der Waals surface area contributed by atoms with Gasteiger partial charge in [0, 0.05) is 25.3 Å². The molecule has 0 fully saturated rings. The van der Waals surface area contributed by atoms with Gasteiger partial charge in [0.2, 0.25) is 0 Å². The number of carbonyl (C=O) groups is 2. The minimum Gasteiger partial charge on any atom is -0.379 e. The number of rotatable bonds is 7. The van der Waals surface area contributed by atoms with Crippen LogP contribution in [0.2, 0.25) is 0 Å². The van der Waals surface area contributed by atoms with E-state index in [0.29, 0.717) is 43.0 Å². The highest BCUT2D eigenvalue weighted by Gasteiger charge is 2.40. The van der Waals surface area contributed by atoms with E-state index in [2.05, 4.69) is 10.6 Å². The molecule has 2 N–H and O–H groups in total. The first-order valence-corrected chi connectivity index (χ1v) is 8.82. The Labute approximate surface area is 156 Å². The van der Waals surface area contributed by atoms with Crippen molar-refractivity contribution >= 4 is 17.6 Å². The van der Waals surface area contributed by atoms with Crippen LogP contribution in [0.1, 0.15) is 31.9 Å². The molecule has 2 heterocycles. The molecule has 9 nitrogen and oxygen atoms in total. The number of hydrogen-bond donors (Lipinski definition) is 2. The Morgan fingerprint density at radius 3 is 2.63 bits per heavy atom. The predicted octanol–water partition coefficient (Wildman–Crippen LogP) is 1.86. The van der Waals surface area contributed by atoms with Crippen molar-refractivity contribution in [3.05, 3.63) is 51.2 Å². The number of nitro benzene ring substituents is 1. The van der Waals surface area contributed by atoms with Gasteiger partial charge in [-0.3, -0.25) is 14.9 Å². The van der Waals surface area contributed by atoms with Crippen molar-refractivity contribution in [1.29, 1.82) is 0 Å². The van der Waals surface area contributed by atoms with Crippen LogP contribution < -0.4 is 10.6 Å². The zero-order valence-corrected chi connectivity index (χ0v) is 15.2. The molecule has 0 unspecified atom stereocenters. The van der Waals surface area contributed by atoms with Gasteiger partial charge in [-0.15, -0.1) is 0 Å². The Kier molecular flexibility index (Phi) is 5.41. The maximum atomic E-state index is 12.9. The third kappa shape index (κ3) is 4.08. The van der Waals surface area contributed by atoms with E-state index in [1.165, 1.54) is 12.1 Å². The van der Waals surface area contributed by atoms with Crippen LogP contribution in [-0.2, 0) is 9.53 Å². The number of amides is 3. The number of benzene rings is 1. The average molecular weight is 374 g/mol. The van der Waals surface area contributed by atoms with Crippen molar-refractivity contribution in [2.24, 2.45) is 0 Å². The van der Waals surface area contributed by atoms with Gasteiger partial charge < -0.3 is 20.3 Å².